The van der Waals surface area contributed by atoms with Crippen LogP contribution in [-0.2, 0) is 6.54 Å². The van der Waals surface area contributed by atoms with E-state index in [4.69, 9.17) is 11.6 Å². The summed E-state index contributed by atoms with van der Waals surface area (Å²) in [7, 11) is 0. The summed E-state index contributed by atoms with van der Waals surface area (Å²) in [6.45, 7) is 0.798. The van der Waals surface area contributed by atoms with Crippen molar-refractivity contribution < 1.29 is 0 Å². The van der Waals surface area contributed by atoms with Crippen LogP contribution in [0.2, 0.25) is 5.02 Å². The molecule has 0 radical (unpaired) electrons. The van der Waals surface area contributed by atoms with Crippen LogP contribution < -0.4 is 5.32 Å². The molecule has 2 rings (SSSR count). The van der Waals surface area contributed by atoms with E-state index in [2.05, 4.69) is 51.8 Å². The van der Waals surface area contributed by atoms with Gasteiger partial charge < -0.3 is 5.32 Å². The monoisotopic (exact) mass is 341 g/mol. The van der Waals surface area contributed by atoms with Crippen LogP contribution in [-0.4, -0.2) is 6.26 Å². The predicted molar refractivity (Wildman–Crippen MR) is 84.7 cm³/mol. The van der Waals surface area contributed by atoms with Gasteiger partial charge in [-0.15, -0.1) is 11.8 Å². The van der Waals surface area contributed by atoms with Gasteiger partial charge in [-0.1, -0.05) is 23.7 Å². The Kier molecular flexibility index (Phi) is 4.98. The first kappa shape index (κ1) is 13.8. The molecule has 0 saturated carbocycles. The highest BCUT2D eigenvalue weighted by Gasteiger charge is 1.99. The lowest BCUT2D eigenvalue weighted by Crippen LogP contribution is -1.99. The summed E-state index contributed by atoms with van der Waals surface area (Å²) in [6.07, 6.45) is 2.08. The van der Waals surface area contributed by atoms with Crippen molar-refractivity contribution in [1.29, 1.82) is 0 Å². The summed E-state index contributed by atoms with van der Waals surface area (Å²) < 4.78 is 0.916. The lowest BCUT2D eigenvalue weighted by atomic mass is 10.2. The number of anilines is 1. The molecule has 0 heterocycles. The largest absolute Gasteiger partial charge is 0.381 e. The summed E-state index contributed by atoms with van der Waals surface area (Å²) in [5.41, 5.74) is 2.28. The fraction of sp³-hybridized carbons (Fsp3) is 0.143. The van der Waals surface area contributed by atoms with Gasteiger partial charge in [0.2, 0.25) is 0 Å². The molecular weight excluding hydrogens is 330 g/mol. The summed E-state index contributed by atoms with van der Waals surface area (Å²) in [4.78, 5) is 1.28. The van der Waals surface area contributed by atoms with Gasteiger partial charge in [-0.2, -0.15) is 0 Å². The highest BCUT2D eigenvalue weighted by atomic mass is 79.9. The van der Waals surface area contributed by atoms with E-state index in [0.717, 1.165) is 21.7 Å². The normalized spacial score (nSPS) is 10.4. The third-order valence-corrected chi connectivity index (χ3v) is 4.55. The minimum Gasteiger partial charge on any atom is -0.381 e. The zero-order valence-electron chi connectivity index (χ0n) is 9.91. The Balaban J connectivity index is 1.99. The van der Waals surface area contributed by atoms with E-state index in [1.54, 1.807) is 11.8 Å². The first-order valence-electron chi connectivity index (χ1n) is 5.51. The molecule has 1 N–H and O–H groups in total. The molecule has 18 heavy (non-hydrogen) atoms. The Labute approximate surface area is 125 Å². The van der Waals surface area contributed by atoms with Gasteiger partial charge in [-0.25, -0.2) is 0 Å². The number of benzene rings is 2. The number of hydrogen-bond acceptors (Lipinski definition) is 2. The minimum absolute atomic E-state index is 0.720. The zero-order chi connectivity index (χ0) is 13.0. The zero-order valence-corrected chi connectivity index (χ0v) is 13.1. The third kappa shape index (κ3) is 3.67. The smallest absolute Gasteiger partial charge is 0.0568 e. The SMILES string of the molecule is CSc1ccc(CNc2ccc(Br)c(Cl)c2)cc1. The van der Waals surface area contributed by atoms with Crippen LogP contribution in [0.3, 0.4) is 0 Å². The fourth-order valence-electron chi connectivity index (χ4n) is 1.55. The van der Waals surface area contributed by atoms with Gasteiger partial charge >= 0.3 is 0 Å². The van der Waals surface area contributed by atoms with E-state index in [1.807, 2.05) is 18.2 Å². The third-order valence-electron chi connectivity index (χ3n) is 2.58. The van der Waals surface area contributed by atoms with Crippen LogP contribution in [0.15, 0.2) is 51.8 Å². The Morgan fingerprint density at radius 3 is 2.50 bits per heavy atom. The van der Waals surface area contributed by atoms with Crippen molar-refractivity contribution in [3.63, 3.8) is 0 Å². The molecule has 1 nitrogen and oxygen atoms in total. The maximum atomic E-state index is 6.05. The molecule has 0 spiro atoms. The van der Waals surface area contributed by atoms with Crippen LogP contribution >= 0.6 is 39.3 Å². The Morgan fingerprint density at radius 2 is 1.89 bits per heavy atom. The molecule has 94 valence electrons. The molecule has 0 amide bonds. The number of thioether (sulfide) groups is 1. The van der Waals surface area contributed by atoms with E-state index in [1.165, 1.54) is 10.5 Å². The van der Waals surface area contributed by atoms with Crippen LogP contribution in [0.4, 0.5) is 5.69 Å². The first-order valence-corrected chi connectivity index (χ1v) is 7.90. The molecule has 2 aromatic rings. The number of rotatable bonds is 4. The molecule has 2 aromatic carbocycles. The second-order valence-corrected chi connectivity index (χ2v) is 5.97. The van der Waals surface area contributed by atoms with E-state index in [0.29, 0.717) is 0 Å². The fourth-order valence-corrected chi connectivity index (χ4v) is 2.39. The van der Waals surface area contributed by atoms with Crippen LogP contribution in [0.1, 0.15) is 5.56 Å². The van der Waals surface area contributed by atoms with E-state index >= 15 is 0 Å². The van der Waals surface area contributed by atoms with Crippen LogP contribution in [0.5, 0.6) is 0 Å². The average Bonchev–Trinajstić information content (AvgIpc) is 2.41. The molecular formula is C14H13BrClNS. The quantitative estimate of drug-likeness (QED) is 0.743. The van der Waals surface area contributed by atoms with Gasteiger partial charge in [-0.3, -0.25) is 0 Å². The maximum absolute atomic E-state index is 6.05. The van der Waals surface area contributed by atoms with Gasteiger partial charge in [0, 0.05) is 21.6 Å². The molecule has 0 atom stereocenters. The molecule has 0 aliphatic carbocycles. The Bertz CT molecular complexity index is 528. The number of hydrogen-bond donors (Lipinski definition) is 1. The lowest BCUT2D eigenvalue weighted by molar-refractivity contribution is 1.14. The van der Waals surface area contributed by atoms with E-state index in [9.17, 15) is 0 Å². The van der Waals surface area contributed by atoms with Crippen molar-refractivity contribution in [1.82, 2.24) is 0 Å². The number of halogens is 2. The van der Waals surface area contributed by atoms with E-state index < -0.39 is 0 Å². The topological polar surface area (TPSA) is 12.0 Å². The molecule has 0 bridgehead atoms. The van der Waals surface area contributed by atoms with Crippen molar-refractivity contribution in [2.45, 2.75) is 11.4 Å². The molecule has 0 aliphatic heterocycles. The second kappa shape index (κ2) is 6.50. The Hall–Kier alpha value is -0.640. The highest BCUT2D eigenvalue weighted by molar-refractivity contribution is 9.10. The highest BCUT2D eigenvalue weighted by Crippen LogP contribution is 2.25. The lowest BCUT2D eigenvalue weighted by Gasteiger charge is -2.08. The molecule has 0 fully saturated rings. The predicted octanol–water partition coefficient (Wildman–Crippen LogP) is 5.44. The average molecular weight is 343 g/mol. The minimum atomic E-state index is 0.720. The van der Waals surface area contributed by atoms with Gasteiger partial charge in [0.25, 0.3) is 0 Å². The summed E-state index contributed by atoms with van der Waals surface area (Å²) >= 11 is 11.2. The van der Waals surface area contributed by atoms with Crippen molar-refractivity contribution in [2.75, 3.05) is 11.6 Å². The van der Waals surface area contributed by atoms with Gasteiger partial charge in [0.05, 0.1) is 5.02 Å². The van der Waals surface area contributed by atoms with Gasteiger partial charge in [0.1, 0.15) is 0 Å². The van der Waals surface area contributed by atoms with Crippen LogP contribution in [0.25, 0.3) is 0 Å². The van der Waals surface area contributed by atoms with Crippen molar-refractivity contribution in [3.8, 4) is 0 Å². The van der Waals surface area contributed by atoms with Gasteiger partial charge in [-0.05, 0) is 58.1 Å². The van der Waals surface area contributed by atoms with Crippen molar-refractivity contribution in [2.24, 2.45) is 0 Å². The molecule has 0 aliphatic rings. The standard InChI is InChI=1S/C14H13BrClNS/c1-18-12-5-2-10(3-6-12)9-17-11-4-7-13(15)14(16)8-11/h2-8,17H,9H2,1H3. The number of nitrogens with one attached hydrogen (secondary N) is 1. The maximum Gasteiger partial charge on any atom is 0.0568 e. The van der Waals surface area contributed by atoms with E-state index in [-0.39, 0.29) is 0 Å². The summed E-state index contributed by atoms with van der Waals surface area (Å²) in [6, 6.07) is 14.4. The summed E-state index contributed by atoms with van der Waals surface area (Å²) in [5.74, 6) is 0. The second-order valence-electron chi connectivity index (χ2n) is 3.83. The molecule has 4 heteroatoms. The first-order chi connectivity index (χ1) is 8.69. The molecule has 0 aromatic heterocycles. The van der Waals surface area contributed by atoms with Crippen LogP contribution in [0, 0.1) is 0 Å². The Morgan fingerprint density at radius 1 is 1.17 bits per heavy atom. The molecule has 0 saturated heterocycles. The molecule has 0 unspecified atom stereocenters. The van der Waals surface area contributed by atoms with Crippen molar-refractivity contribution >= 4 is 45.0 Å². The van der Waals surface area contributed by atoms with Crippen molar-refractivity contribution in [3.05, 3.63) is 57.5 Å². The summed E-state index contributed by atoms with van der Waals surface area (Å²) in [5, 5.41) is 4.07. The van der Waals surface area contributed by atoms with Gasteiger partial charge in [0.15, 0.2) is 0 Å².